The lowest BCUT2D eigenvalue weighted by Crippen LogP contribution is -1.94. The highest BCUT2D eigenvalue weighted by Crippen LogP contribution is 2.21. The predicted molar refractivity (Wildman–Crippen MR) is 53.3 cm³/mol. The zero-order valence-electron chi connectivity index (χ0n) is 6.37. The second-order valence-electron chi connectivity index (χ2n) is 2.30. The predicted octanol–water partition coefficient (Wildman–Crippen LogP) is 3.00. The van der Waals surface area contributed by atoms with Gasteiger partial charge in [-0.05, 0) is 35.0 Å². The van der Waals surface area contributed by atoms with Gasteiger partial charge in [0.15, 0.2) is 0 Å². The molecule has 2 nitrogen and oxygen atoms in total. The van der Waals surface area contributed by atoms with Gasteiger partial charge in [0.05, 0.1) is 0 Å². The van der Waals surface area contributed by atoms with Crippen LogP contribution in [0, 0.1) is 0 Å². The average Bonchev–Trinajstić information content (AvgIpc) is 2.35. The van der Waals surface area contributed by atoms with Gasteiger partial charge in [-0.3, -0.25) is 0 Å². The van der Waals surface area contributed by atoms with E-state index in [0.29, 0.717) is 5.57 Å². The number of carboxylic acid groups (broad SMARTS) is 1. The van der Waals surface area contributed by atoms with Crippen molar-refractivity contribution in [3.8, 4) is 0 Å². The van der Waals surface area contributed by atoms with Crippen molar-refractivity contribution in [2.24, 2.45) is 0 Å². The summed E-state index contributed by atoms with van der Waals surface area (Å²) in [6, 6.07) is 1.89. The summed E-state index contributed by atoms with van der Waals surface area (Å²) in [5.74, 6) is -0.875. The van der Waals surface area contributed by atoms with Crippen molar-refractivity contribution in [3.05, 3.63) is 26.4 Å². The third-order valence-corrected chi connectivity index (χ3v) is 2.92. The van der Waals surface area contributed by atoms with Crippen LogP contribution in [0.3, 0.4) is 0 Å². The quantitative estimate of drug-likeness (QED) is 0.815. The summed E-state index contributed by atoms with van der Waals surface area (Å²) in [7, 11) is 0. The van der Waals surface area contributed by atoms with Crippen molar-refractivity contribution < 1.29 is 9.90 Å². The van der Waals surface area contributed by atoms with Crippen LogP contribution in [0.25, 0.3) is 6.08 Å². The summed E-state index contributed by atoms with van der Waals surface area (Å²) < 4.78 is 0.983. The summed E-state index contributed by atoms with van der Waals surface area (Å²) in [6.45, 7) is 1.58. The number of hydrogen-bond acceptors (Lipinski definition) is 2. The van der Waals surface area contributed by atoms with E-state index < -0.39 is 5.97 Å². The van der Waals surface area contributed by atoms with Gasteiger partial charge in [-0.2, -0.15) is 0 Å². The number of carboxylic acids is 1. The smallest absolute Gasteiger partial charge is 0.331 e. The van der Waals surface area contributed by atoms with Crippen molar-refractivity contribution >= 4 is 39.3 Å². The molecule has 12 heavy (non-hydrogen) atoms. The molecule has 1 aromatic rings. The summed E-state index contributed by atoms with van der Waals surface area (Å²) in [5.41, 5.74) is 0.351. The Morgan fingerprint density at radius 1 is 1.75 bits per heavy atom. The van der Waals surface area contributed by atoms with E-state index in [2.05, 4.69) is 15.9 Å². The van der Waals surface area contributed by atoms with Crippen LogP contribution < -0.4 is 0 Å². The van der Waals surface area contributed by atoms with Crippen LogP contribution in [0.15, 0.2) is 21.5 Å². The van der Waals surface area contributed by atoms with Gasteiger partial charge in [0.2, 0.25) is 0 Å². The van der Waals surface area contributed by atoms with E-state index in [9.17, 15) is 4.79 Å². The maximum Gasteiger partial charge on any atom is 0.331 e. The van der Waals surface area contributed by atoms with Gasteiger partial charge in [-0.25, -0.2) is 4.79 Å². The molecular formula is C8H7BrO2S. The third kappa shape index (κ3) is 2.46. The van der Waals surface area contributed by atoms with Crippen LogP contribution >= 0.6 is 27.3 Å². The molecule has 4 heteroatoms. The maximum atomic E-state index is 10.4. The van der Waals surface area contributed by atoms with Crippen molar-refractivity contribution in [2.45, 2.75) is 6.92 Å². The summed E-state index contributed by atoms with van der Waals surface area (Å²) >= 11 is 4.80. The van der Waals surface area contributed by atoms with Crippen LogP contribution in [-0.2, 0) is 4.79 Å². The fourth-order valence-electron chi connectivity index (χ4n) is 0.679. The van der Waals surface area contributed by atoms with Crippen molar-refractivity contribution in [1.82, 2.24) is 0 Å². The van der Waals surface area contributed by atoms with E-state index in [4.69, 9.17) is 5.11 Å². The lowest BCUT2D eigenvalue weighted by Gasteiger charge is -1.89. The first-order valence-electron chi connectivity index (χ1n) is 3.25. The molecule has 0 amide bonds. The molecule has 0 aliphatic carbocycles. The first kappa shape index (κ1) is 9.48. The second kappa shape index (κ2) is 3.87. The molecular weight excluding hydrogens is 240 g/mol. The van der Waals surface area contributed by atoms with Crippen LogP contribution in [0.5, 0.6) is 0 Å². The van der Waals surface area contributed by atoms with E-state index in [0.717, 1.165) is 9.35 Å². The fraction of sp³-hybridized carbons (Fsp3) is 0.125. The summed E-state index contributed by atoms with van der Waals surface area (Å²) in [5, 5.41) is 10.5. The van der Waals surface area contributed by atoms with Gasteiger partial charge in [-0.1, -0.05) is 0 Å². The highest BCUT2D eigenvalue weighted by atomic mass is 79.9. The average molecular weight is 247 g/mol. The molecule has 1 heterocycles. The Bertz CT molecular complexity index is 328. The minimum absolute atomic E-state index is 0.351. The number of rotatable bonds is 2. The first-order valence-corrected chi connectivity index (χ1v) is 4.92. The van der Waals surface area contributed by atoms with Crippen molar-refractivity contribution in [1.29, 1.82) is 0 Å². The van der Waals surface area contributed by atoms with Crippen LogP contribution in [-0.4, -0.2) is 11.1 Å². The fourth-order valence-corrected chi connectivity index (χ4v) is 2.11. The van der Waals surface area contributed by atoms with Crippen LogP contribution in [0.2, 0.25) is 0 Å². The summed E-state index contributed by atoms with van der Waals surface area (Å²) in [4.78, 5) is 11.4. The highest BCUT2D eigenvalue weighted by molar-refractivity contribution is 9.10. The minimum atomic E-state index is -0.875. The maximum absolute atomic E-state index is 10.4. The zero-order chi connectivity index (χ0) is 9.14. The van der Waals surface area contributed by atoms with Gasteiger partial charge in [0, 0.05) is 20.3 Å². The first-order chi connectivity index (χ1) is 5.59. The van der Waals surface area contributed by atoms with Gasteiger partial charge < -0.3 is 5.11 Å². The van der Waals surface area contributed by atoms with Crippen LogP contribution in [0.1, 0.15) is 11.8 Å². The lowest BCUT2D eigenvalue weighted by atomic mass is 10.2. The lowest BCUT2D eigenvalue weighted by molar-refractivity contribution is -0.132. The molecule has 0 aliphatic heterocycles. The highest BCUT2D eigenvalue weighted by Gasteiger charge is 2.00. The number of halogens is 1. The van der Waals surface area contributed by atoms with E-state index in [-0.39, 0.29) is 0 Å². The molecule has 0 fully saturated rings. The van der Waals surface area contributed by atoms with Crippen LogP contribution in [0.4, 0.5) is 0 Å². The van der Waals surface area contributed by atoms with Crippen molar-refractivity contribution in [3.63, 3.8) is 0 Å². The largest absolute Gasteiger partial charge is 0.478 e. The molecule has 0 radical (unpaired) electrons. The van der Waals surface area contributed by atoms with Crippen molar-refractivity contribution in [2.75, 3.05) is 0 Å². The standard InChI is InChI=1S/C8H7BrO2S/c1-5(8(10)11)2-7-3-6(9)4-12-7/h2-4H,1H3,(H,10,11). The molecule has 0 atom stereocenters. The SMILES string of the molecule is CC(=Cc1cc(Br)cs1)C(=O)O. The van der Waals surface area contributed by atoms with E-state index >= 15 is 0 Å². The Morgan fingerprint density at radius 3 is 2.83 bits per heavy atom. The second-order valence-corrected chi connectivity index (χ2v) is 4.16. The Hall–Kier alpha value is -0.610. The van der Waals surface area contributed by atoms with Gasteiger partial charge in [-0.15, -0.1) is 11.3 Å². The molecule has 0 unspecified atom stereocenters. The molecule has 0 bridgehead atoms. The molecule has 1 rings (SSSR count). The van der Waals surface area contributed by atoms with Gasteiger partial charge >= 0.3 is 5.97 Å². The molecule has 0 aromatic carbocycles. The number of carbonyl (C=O) groups is 1. The van der Waals surface area contributed by atoms with Gasteiger partial charge in [0.1, 0.15) is 0 Å². The Balaban J connectivity index is 2.87. The Kier molecular flexibility index (Phi) is 3.05. The molecule has 0 saturated heterocycles. The summed E-state index contributed by atoms with van der Waals surface area (Å²) in [6.07, 6.45) is 1.65. The van der Waals surface area contributed by atoms with E-state index in [1.807, 2.05) is 11.4 Å². The zero-order valence-corrected chi connectivity index (χ0v) is 8.78. The number of thiophene rings is 1. The molecule has 1 aromatic heterocycles. The molecule has 64 valence electrons. The molecule has 0 spiro atoms. The third-order valence-electron chi connectivity index (χ3n) is 1.28. The molecule has 1 N–H and O–H groups in total. The number of hydrogen-bond donors (Lipinski definition) is 1. The normalized spacial score (nSPS) is 11.7. The number of aliphatic carboxylic acids is 1. The van der Waals surface area contributed by atoms with Gasteiger partial charge in [0.25, 0.3) is 0 Å². The Labute approximate surface area is 82.7 Å². The van der Waals surface area contributed by atoms with E-state index in [1.165, 1.54) is 11.3 Å². The minimum Gasteiger partial charge on any atom is -0.478 e. The topological polar surface area (TPSA) is 37.3 Å². The monoisotopic (exact) mass is 246 g/mol. The molecule has 0 aliphatic rings. The Morgan fingerprint density at radius 2 is 2.42 bits per heavy atom. The molecule has 0 saturated carbocycles. The van der Waals surface area contributed by atoms with E-state index in [1.54, 1.807) is 13.0 Å².